The van der Waals surface area contributed by atoms with Crippen molar-refractivity contribution in [2.24, 2.45) is 0 Å². The molecule has 0 bridgehead atoms. The number of nitrogens with zero attached hydrogens (tertiary/aromatic N) is 3. The van der Waals surface area contributed by atoms with Crippen LogP contribution in [0.5, 0.6) is 0 Å². The Kier molecular flexibility index (Phi) is 4.53. The van der Waals surface area contributed by atoms with Crippen molar-refractivity contribution in [2.75, 3.05) is 24.5 Å². The number of rotatable bonds is 5. The molecule has 0 aromatic heterocycles. The van der Waals surface area contributed by atoms with Crippen LogP contribution in [0.1, 0.15) is 25.3 Å². The van der Waals surface area contributed by atoms with Gasteiger partial charge in [0.25, 0.3) is 5.69 Å². The average Bonchev–Trinajstić information content (AvgIpc) is 2.97. The van der Waals surface area contributed by atoms with Crippen LogP contribution in [0.25, 0.3) is 0 Å². The number of anilines is 1. The maximum atomic E-state index is 11.2. The van der Waals surface area contributed by atoms with Crippen LogP contribution in [0, 0.1) is 21.4 Å². The Balaban J connectivity index is 2.28. The van der Waals surface area contributed by atoms with Crippen LogP contribution < -0.4 is 10.2 Å². The van der Waals surface area contributed by atoms with Crippen LogP contribution in [0.2, 0.25) is 0 Å². The Hall–Kier alpha value is -2.13. The van der Waals surface area contributed by atoms with Gasteiger partial charge in [-0.2, -0.15) is 5.26 Å². The normalized spacial score (nSPS) is 17.7. The largest absolute Gasteiger partial charge is 0.365 e. The monoisotopic (exact) mass is 274 g/mol. The fourth-order valence-corrected chi connectivity index (χ4v) is 2.58. The molecule has 0 radical (unpaired) electrons. The first kappa shape index (κ1) is 14.3. The van der Waals surface area contributed by atoms with E-state index in [0.717, 1.165) is 25.9 Å². The quantitative estimate of drug-likeness (QED) is 0.656. The van der Waals surface area contributed by atoms with Gasteiger partial charge in [-0.1, -0.05) is 0 Å². The van der Waals surface area contributed by atoms with E-state index in [9.17, 15) is 10.1 Å². The standard InChI is InChI=1S/C14H18N4O2/c1-2-17(10-12-4-3-7-16-12)13-6-5-11(9-15)8-14(13)18(19)20/h5-6,8,12,16H,2-4,7,10H2,1H3. The van der Waals surface area contributed by atoms with Crippen molar-refractivity contribution in [2.45, 2.75) is 25.8 Å². The third-order valence-electron chi connectivity index (χ3n) is 3.63. The second kappa shape index (κ2) is 6.35. The van der Waals surface area contributed by atoms with Crippen molar-refractivity contribution in [3.8, 4) is 6.07 Å². The molecule has 0 saturated carbocycles. The first-order valence-corrected chi connectivity index (χ1v) is 6.82. The summed E-state index contributed by atoms with van der Waals surface area (Å²) in [6.07, 6.45) is 2.25. The Morgan fingerprint density at radius 2 is 2.40 bits per heavy atom. The molecule has 1 fully saturated rings. The molecule has 0 aliphatic carbocycles. The van der Waals surface area contributed by atoms with Crippen LogP contribution in [0.15, 0.2) is 18.2 Å². The summed E-state index contributed by atoms with van der Waals surface area (Å²) in [7, 11) is 0. The number of hydrogen-bond acceptors (Lipinski definition) is 5. The maximum absolute atomic E-state index is 11.2. The van der Waals surface area contributed by atoms with Gasteiger partial charge >= 0.3 is 0 Å². The van der Waals surface area contributed by atoms with Gasteiger partial charge in [0.15, 0.2) is 0 Å². The third-order valence-corrected chi connectivity index (χ3v) is 3.63. The highest BCUT2D eigenvalue weighted by molar-refractivity contribution is 5.65. The fourth-order valence-electron chi connectivity index (χ4n) is 2.58. The molecule has 1 aliphatic heterocycles. The number of benzene rings is 1. The molecule has 106 valence electrons. The molecule has 0 amide bonds. The zero-order chi connectivity index (χ0) is 14.5. The van der Waals surface area contributed by atoms with E-state index in [1.54, 1.807) is 12.1 Å². The molecule has 1 N–H and O–H groups in total. The molecule has 6 heteroatoms. The van der Waals surface area contributed by atoms with E-state index in [2.05, 4.69) is 5.32 Å². The number of hydrogen-bond donors (Lipinski definition) is 1. The smallest absolute Gasteiger partial charge is 0.293 e. The van der Waals surface area contributed by atoms with Crippen molar-refractivity contribution in [3.63, 3.8) is 0 Å². The summed E-state index contributed by atoms with van der Waals surface area (Å²) in [5.41, 5.74) is 0.907. The van der Waals surface area contributed by atoms with Crippen LogP contribution >= 0.6 is 0 Å². The van der Waals surface area contributed by atoms with Crippen molar-refractivity contribution in [1.82, 2.24) is 5.32 Å². The lowest BCUT2D eigenvalue weighted by Crippen LogP contribution is -2.37. The Morgan fingerprint density at radius 3 is 2.95 bits per heavy atom. The maximum Gasteiger partial charge on any atom is 0.293 e. The SMILES string of the molecule is CCN(CC1CCCN1)c1ccc(C#N)cc1[N+](=O)[O-]. The molecule has 1 atom stereocenters. The molecule has 1 unspecified atom stereocenters. The molecule has 2 rings (SSSR count). The Bertz CT molecular complexity index is 532. The topological polar surface area (TPSA) is 82.2 Å². The molecule has 1 aromatic rings. The lowest BCUT2D eigenvalue weighted by molar-refractivity contribution is -0.384. The van der Waals surface area contributed by atoms with Gasteiger partial charge in [0.1, 0.15) is 5.69 Å². The summed E-state index contributed by atoms with van der Waals surface area (Å²) in [4.78, 5) is 12.8. The van der Waals surface area contributed by atoms with E-state index >= 15 is 0 Å². The number of nitriles is 1. The molecule has 20 heavy (non-hydrogen) atoms. The zero-order valence-electron chi connectivity index (χ0n) is 11.5. The van der Waals surface area contributed by atoms with E-state index in [4.69, 9.17) is 5.26 Å². The van der Waals surface area contributed by atoms with Crippen LogP contribution in [-0.2, 0) is 0 Å². The van der Waals surface area contributed by atoms with E-state index in [0.29, 0.717) is 23.8 Å². The number of nitrogens with one attached hydrogen (secondary N) is 1. The van der Waals surface area contributed by atoms with E-state index in [1.165, 1.54) is 6.07 Å². The van der Waals surface area contributed by atoms with E-state index in [-0.39, 0.29) is 5.69 Å². The summed E-state index contributed by atoms with van der Waals surface area (Å²) in [6.45, 7) is 4.45. The lowest BCUT2D eigenvalue weighted by Gasteiger charge is -2.26. The van der Waals surface area contributed by atoms with Gasteiger partial charge < -0.3 is 10.2 Å². The van der Waals surface area contributed by atoms with Gasteiger partial charge in [-0.05, 0) is 38.4 Å². The van der Waals surface area contributed by atoms with Crippen molar-refractivity contribution in [3.05, 3.63) is 33.9 Å². The van der Waals surface area contributed by atoms with Crippen LogP contribution in [0.3, 0.4) is 0 Å². The minimum Gasteiger partial charge on any atom is -0.365 e. The minimum absolute atomic E-state index is 0.00361. The van der Waals surface area contributed by atoms with Crippen molar-refractivity contribution < 1.29 is 4.92 Å². The molecule has 1 aliphatic rings. The van der Waals surface area contributed by atoms with Gasteiger partial charge in [-0.15, -0.1) is 0 Å². The van der Waals surface area contributed by atoms with Crippen molar-refractivity contribution in [1.29, 1.82) is 5.26 Å². The molecule has 6 nitrogen and oxygen atoms in total. The second-order valence-electron chi connectivity index (χ2n) is 4.90. The second-order valence-corrected chi connectivity index (χ2v) is 4.90. The van der Waals surface area contributed by atoms with Crippen molar-refractivity contribution >= 4 is 11.4 Å². The third kappa shape index (κ3) is 3.06. The van der Waals surface area contributed by atoms with Gasteiger partial charge in [0, 0.05) is 25.2 Å². The predicted octanol–water partition coefficient (Wildman–Crippen LogP) is 2.04. The molecule has 1 saturated heterocycles. The fraction of sp³-hybridized carbons (Fsp3) is 0.500. The highest BCUT2D eigenvalue weighted by Crippen LogP contribution is 2.29. The summed E-state index contributed by atoms with van der Waals surface area (Å²) in [6, 6.07) is 6.98. The average molecular weight is 274 g/mol. The van der Waals surface area contributed by atoms with E-state index < -0.39 is 4.92 Å². The van der Waals surface area contributed by atoms with E-state index in [1.807, 2.05) is 17.9 Å². The summed E-state index contributed by atoms with van der Waals surface area (Å²) in [5, 5.41) is 23.5. The molecular weight excluding hydrogens is 256 g/mol. The first-order chi connectivity index (χ1) is 9.65. The summed E-state index contributed by atoms with van der Waals surface area (Å²) < 4.78 is 0. The summed E-state index contributed by atoms with van der Waals surface area (Å²) in [5.74, 6) is 0. The predicted molar refractivity (Wildman–Crippen MR) is 76.7 cm³/mol. The van der Waals surface area contributed by atoms with Crippen LogP contribution in [0.4, 0.5) is 11.4 Å². The molecular formula is C14H18N4O2. The molecule has 1 heterocycles. The Labute approximate surface area is 118 Å². The number of nitro benzene ring substituents is 1. The minimum atomic E-state index is -0.416. The van der Waals surface area contributed by atoms with Gasteiger partial charge in [0.05, 0.1) is 16.6 Å². The lowest BCUT2D eigenvalue weighted by atomic mass is 10.1. The molecule has 1 aromatic carbocycles. The number of nitro groups is 1. The highest BCUT2D eigenvalue weighted by Gasteiger charge is 2.23. The van der Waals surface area contributed by atoms with Crippen LogP contribution in [-0.4, -0.2) is 30.6 Å². The summed E-state index contributed by atoms with van der Waals surface area (Å²) >= 11 is 0. The zero-order valence-corrected chi connectivity index (χ0v) is 11.5. The number of likely N-dealkylation sites (N-methyl/N-ethyl adjacent to an activating group) is 1. The highest BCUT2D eigenvalue weighted by atomic mass is 16.6. The molecule has 0 spiro atoms. The van der Waals surface area contributed by atoms with Gasteiger partial charge in [-0.25, -0.2) is 0 Å². The van der Waals surface area contributed by atoms with Gasteiger partial charge in [0.2, 0.25) is 0 Å². The Morgan fingerprint density at radius 1 is 1.60 bits per heavy atom. The van der Waals surface area contributed by atoms with Gasteiger partial charge in [-0.3, -0.25) is 10.1 Å². The first-order valence-electron chi connectivity index (χ1n) is 6.82.